The third kappa shape index (κ3) is 2.71. The summed E-state index contributed by atoms with van der Waals surface area (Å²) in [5, 5.41) is 12.1. The number of aromatic amines is 1. The molecular weight excluding hydrogens is 356 g/mol. The topological polar surface area (TPSA) is 91.2 Å². The number of nitrogens with one attached hydrogen (secondary N) is 1. The molecule has 5 rings (SSSR count). The highest BCUT2D eigenvalue weighted by Crippen LogP contribution is 2.49. The number of fused-ring (bicyclic) bond motifs is 1. The number of rotatable bonds is 2. The zero-order chi connectivity index (χ0) is 19.3. The predicted octanol–water partition coefficient (Wildman–Crippen LogP) is 2.21. The van der Waals surface area contributed by atoms with Crippen molar-refractivity contribution < 1.29 is 9.32 Å². The number of aromatic nitrogens is 4. The Bertz CT molecular complexity index is 1020. The summed E-state index contributed by atoms with van der Waals surface area (Å²) in [6, 6.07) is 7.74. The Balaban J connectivity index is 1.48. The summed E-state index contributed by atoms with van der Waals surface area (Å²) in [7, 11) is 2.15. The molecular formula is C20H24N6O2. The Hall–Kier alpha value is -2.74. The maximum absolute atomic E-state index is 13.4. The lowest BCUT2D eigenvalue weighted by Crippen LogP contribution is -2.42. The third-order valence-corrected chi connectivity index (χ3v) is 6.43. The van der Waals surface area contributed by atoms with E-state index in [9.17, 15) is 4.79 Å². The normalized spacial score (nSPS) is 22.4. The quantitative estimate of drug-likeness (QED) is 0.733. The highest BCUT2D eigenvalue weighted by Gasteiger charge is 2.52. The Morgan fingerprint density at radius 1 is 1.29 bits per heavy atom. The summed E-state index contributed by atoms with van der Waals surface area (Å²) >= 11 is 0. The van der Waals surface area contributed by atoms with Crippen LogP contribution < -0.4 is 0 Å². The van der Waals surface area contributed by atoms with Crippen LogP contribution in [0.25, 0.3) is 10.9 Å². The lowest BCUT2D eigenvalue weighted by molar-refractivity contribution is 0.0722. The van der Waals surface area contributed by atoms with Crippen molar-refractivity contribution in [1.29, 1.82) is 0 Å². The SMILES string of the molecule is Cc1noc([C@@H]2CN(C(=O)c3n[nH]c4ccccc34)CC23CCN(C)CC3)n1. The van der Waals surface area contributed by atoms with Crippen molar-refractivity contribution in [1.82, 2.24) is 30.1 Å². The first kappa shape index (κ1) is 17.4. The van der Waals surface area contributed by atoms with Gasteiger partial charge in [0, 0.05) is 23.9 Å². The first-order chi connectivity index (χ1) is 13.6. The highest BCUT2D eigenvalue weighted by molar-refractivity contribution is 6.04. The molecule has 3 aromatic rings. The summed E-state index contributed by atoms with van der Waals surface area (Å²) in [5.74, 6) is 1.33. The van der Waals surface area contributed by atoms with E-state index in [-0.39, 0.29) is 17.2 Å². The van der Waals surface area contributed by atoms with E-state index in [0.29, 0.717) is 30.5 Å². The molecule has 8 nitrogen and oxygen atoms in total. The Kier molecular flexibility index (Phi) is 3.97. The van der Waals surface area contributed by atoms with E-state index < -0.39 is 0 Å². The van der Waals surface area contributed by atoms with Crippen LogP contribution in [0.3, 0.4) is 0 Å². The van der Waals surface area contributed by atoms with Gasteiger partial charge in [-0.2, -0.15) is 10.1 Å². The molecule has 0 aliphatic carbocycles. The van der Waals surface area contributed by atoms with Crippen molar-refractivity contribution in [3.8, 4) is 0 Å². The van der Waals surface area contributed by atoms with Gasteiger partial charge in [-0.15, -0.1) is 0 Å². The monoisotopic (exact) mass is 380 g/mol. The van der Waals surface area contributed by atoms with Gasteiger partial charge in [-0.05, 0) is 46.0 Å². The minimum atomic E-state index is -0.0329. The summed E-state index contributed by atoms with van der Waals surface area (Å²) < 4.78 is 5.56. The smallest absolute Gasteiger partial charge is 0.275 e. The van der Waals surface area contributed by atoms with Crippen molar-refractivity contribution in [2.24, 2.45) is 5.41 Å². The molecule has 1 atom stereocenters. The lowest BCUT2D eigenvalue weighted by Gasteiger charge is -2.40. The molecule has 2 aliphatic rings. The van der Waals surface area contributed by atoms with Gasteiger partial charge in [0.2, 0.25) is 5.89 Å². The summed E-state index contributed by atoms with van der Waals surface area (Å²) in [6.07, 6.45) is 2.03. The van der Waals surface area contributed by atoms with Crippen molar-refractivity contribution in [2.75, 3.05) is 33.2 Å². The summed E-state index contributed by atoms with van der Waals surface area (Å²) in [5.41, 5.74) is 1.34. The van der Waals surface area contributed by atoms with Crippen molar-refractivity contribution in [3.05, 3.63) is 41.7 Å². The first-order valence-electron chi connectivity index (χ1n) is 9.77. The maximum Gasteiger partial charge on any atom is 0.275 e. The van der Waals surface area contributed by atoms with Crippen LogP contribution in [-0.4, -0.2) is 69.3 Å². The van der Waals surface area contributed by atoms with Gasteiger partial charge in [0.1, 0.15) is 0 Å². The number of H-pyrrole nitrogens is 1. The molecule has 146 valence electrons. The van der Waals surface area contributed by atoms with E-state index in [4.69, 9.17) is 4.52 Å². The lowest BCUT2D eigenvalue weighted by atomic mass is 9.71. The zero-order valence-electron chi connectivity index (χ0n) is 16.2. The largest absolute Gasteiger partial charge is 0.339 e. The molecule has 28 heavy (non-hydrogen) atoms. The van der Waals surface area contributed by atoms with Gasteiger partial charge in [0.05, 0.1) is 11.4 Å². The predicted molar refractivity (Wildman–Crippen MR) is 103 cm³/mol. The Morgan fingerprint density at radius 2 is 2.07 bits per heavy atom. The maximum atomic E-state index is 13.4. The van der Waals surface area contributed by atoms with Gasteiger partial charge in [0.15, 0.2) is 11.5 Å². The minimum Gasteiger partial charge on any atom is -0.339 e. The van der Waals surface area contributed by atoms with Gasteiger partial charge >= 0.3 is 0 Å². The van der Waals surface area contributed by atoms with Crippen LogP contribution in [0, 0.1) is 12.3 Å². The standard InChI is InChI=1S/C20H24N6O2/c1-13-21-18(28-24-13)15-11-26(12-20(15)7-9-25(2)10-8-20)19(27)17-14-5-3-4-6-16(14)22-23-17/h3-6,15H,7-12H2,1-2H3,(H,22,23)/t15-/m0/s1. The molecule has 1 N–H and O–H groups in total. The van der Waals surface area contributed by atoms with Crippen LogP contribution in [0.5, 0.6) is 0 Å². The minimum absolute atomic E-state index is 0.0206. The molecule has 0 bridgehead atoms. The van der Waals surface area contributed by atoms with Crippen LogP contribution >= 0.6 is 0 Å². The number of piperidine rings is 1. The van der Waals surface area contributed by atoms with Gasteiger partial charge in [0.25, 0.3) is 5.91 Å². The first-order valence-corrected chi connectivity index (χ1v) is 9.77. The zero-order valence-corrected chi connectivity index (χ0v) is 16.2. The number of likely N-dealkylation sites (tertiary alicyclic amines) is 2. The fourth-order valence-corrected chi connectivity index (χ4v) is 4.76. The van der Waals surface area contributed by atoms with Gasteiger partial charge in [-0.3, -0.25) is 9.89 Å². The Morgan fingerprint density at radius 3 is 2.82 bits per heavy atom. The highest BCUT2D eigenvalue weighted by atomic mass is 16.5. The molecule has 0 unspecified atom stereocenters. The second-order valence-electron chi connectivity index (χ2n) is 8.20. The molecule has 2 saturated heterocycles. The molecule has 8 heteroatoms. The number of benzene rings is 1. The molecule has 2 fully saturated rings. The molecule has 1 spiro atoms. The second-order valence-corrected chi connectivity index (χ2v) is 8.20. The number of carbonyl (C=O) groups is 1. The van der Waals surface area contributed by atoms with Crippen LogP contribution in [-0.2, 0) is 0 Å². The van der Waals surface area contributed by atoms with E-state index in [1.165, 1.54) is 0 Å². The molecule has 4 heterocycles. The van der Waals surface area contributed by atoms with Crippen molar-refractivity contribution in [2.45, 2.75) is 25.7 Å². The molecule has 1 amide bonds. The summed E-state index contributed by atoms with van der Waals surface area (Å²) in [6.45, 7) is 5.15. The average molecular weight is 380 g/mol. The number of nitrogens with zero attached hydrogens (tertiary/aromatic N) is 5. The van der Waals surface area contributed by atoms with Gasteiger partial charge in [-0.1, -0.05) is 23.4 Å². The molecule has 0 radical (unpaired) electrons. The van der Waals surface area contributed by atoms with Crippen LogP contribution in [0.15, 0.2) is 28.8 Å². The number of amides is 1. The number of para-hydroxylation sites is 1. The molecule has 0 saturated carbocycles. The number of hydrogen-bond donors (Lipinski definition) is 1. The second kappa shape index (κ2) is 6.41. The van der Waals surface area contributed by atoms with Gasteiger partial charge in [-0.25, -0.2) is 0 Å². The van der Waals surface area contributed by atoms with Gasteiger partial charge < -0.3 is 14.3 Å². The number of aryl methyl sites for hydroxylation is 1. The van der Waals surface area contributed by atoms with Crippen LogP contribution in [0.2, 0.25) is 0 Å². The molecule has 2 aliphatic heterocycles. The molecule has 2 aromatic heterocycles. The number of carbonyl (C=O) groups excluding carboxylic acids is 1. The number of hydrogen-bond acceptors (Lipinski definition) is 6. The van der Waals surface area contributed by atoms with Crippen LogP contribution in [0.1, 0.15) is 41.0 Å². The fraction of sp³-hybridized carbons (Fsp3) is 0.500. The third-order valence-electron chi connectivity index (χ3n) is 6.43. The van der Waals surface area contributed by atoms with E-state index >= 15 is 0 Å². The van der Waals surface area contributed by atoms with Crippen molar-refractivity contribution in [3.63, 3.8) is 0 Å². The van der Waals surface area contributed by atoms with E-state index in [2.05, 4.69) is 32.3 Å². The fourth-order valence-electron chi connectivity index (χ4n) is 4.76. The summed E-state index contributed by atoms with van der Waals surface area (Å²) in [4.78, 5) is 22.1. The van der Waals surface area contributed by atoms with E-state index in [0.717, 1.165) is 36.8 Å². The van der Waals surface area contributed by atoms with Crippen LogP contribution in [0.4, 0.5) is 0 Å². The van der Waals surface area contributed by atoms with Crippen molar-refractivity contribution >= 4 is 16.8 Å². The Labute approximate surface area is 162 Å². The van der Waals surface area contributed by atoms with E-state index in [1.54, 1.807) is 0 Å². The van der Waals surface area contributed by atoms with E-state index in [1.807, 2.05) is 36.1 Å². The average Bonchev–Trinajstić information content (AvgIpc) is 3.41. The molecule has 1 aromatic carbocycles.